The van der Waals surface area contributed by atoms with Crippen LogP contribution in [0.3, 0.4) is 0 Å². The molecular formula is C19H28N2O3. The second kappa shape index (κ2) is 7.88. The molecule has 1 aromatic carbocycles. The maximum absolute atomic E-state index is 12.7. The van der Waals surface area contributed by atoms with Gasteiger partial charge in [-0.15, -0.1) is 0 Å². The van der Waals surface area contributed by atoms with Crippen LogP contribution in [0.15, 0.2) is 24.3 Å². The van der Waals surface area contributed by atoms with Crippen LogP contribution in [0.25, 0.3) is 0 Å². The van der Waals surface area contributed by atoms with E-state index in [1.54, 1.807) is 7.11 Å². The molecule has 3 rings (SSSR count). The number of hydrogen-bond acceptors (Lipinski definition) is 4. The molecule has 24 heavy (non-hydrogen) atoms. The van der Waals surface area contributed by atoms with Crippen LogP contribution in [0.4, 0.5) is 5.69 Å². The molecule has 0 aliphatic carbocycles. The van der Waals surface area contributed by atoms with Gasteiger partial charge in [-0.2, -0.15) is 0 Å². The van der Waals surface area contributed by atoms with Gasteiger partial charge in [0.05, 0.1) is 19.1 Å². The summed E-state index contributed by atoms with van der Waals surface area (Å²) in [6.07, 6.45) is 3.87. The Labute approximate surface area is 144 Å². The third-order valence-electron chi connectivity index (χ3n) is 5.18. The van der Waals surface area contributed by atoms with Gasteiger partial charge in [-0.1, -0.05) is 13.0 Å². The Morgan fingerprint density at radius 2 is 2.12 bits per heavy atom. The van der Waals surface area contributed by atoms with E-state index in [0.717, 1.165) is 56.8 Å². The summed E-state index contributed by atoms with van der Waals surface area (Å²) in [5.74, 6) is 1.22. The molecule has 1 N–H and O–H groups in total. The van der Waals surface area contributed by atoms with Crippen LogP contribution in [0.2, 0.25) is 0 Å². The highest BCUT2D eigenvalue weighted by molar-refractivity contribution is 5.79. The van der Waals surface area contributed by atoms with Gasteiger partial charge in [0.25, 0.3) is 0 Å². The Kier molecular flexibility index (Phi) is 5.61. The van der Waals surface area contributed by atoms with Crippen LogP contribution in [0.1, 0.15) is 32.6 Å². The Balaban J connectivity index is 1.51. The van der Waals surface area contributed by atoms with Crippen LogP contribution in [0, 0.1) is 5.92 Å². The van der Waals surface area contributed by atoms with E-state index in [1.807, 2.05) is 23.1 Å². The topological polar surface area (TPSA) is 50.8 Å². The number of anilines is 1. The number of nitrogens with zero attached hydrogens (tertiary/aromatic N) is 1. The van der Waals surface area contributed by atoms with Crippen molar-refractivity contribution in [2.45, 2.75) is 44.8 Å². The number of benzene rings is 1. The number of likely N-dealkylation sites (tertiary alicyclic amines) is 1. The molecule has 0 unspecified atom stereocenters. The molecule has 0 spiro atoms. The van der Waals surface area contributed by atoms with Gasteiger partial charge in [0.2, 0.25) is 5.91 Å². The molecule has 2 saturated heterocycles. The molecule has 2 aliphatic rings. The van der Waals surface area contributed by atoms with Crippen molar-refractivity contribution in [3.8, 4) is 5.75 Å². The van der Waals surface area contributed by atoms with E-state index in [-0.39, 0.29) is 12.0 Å². The molecule has 2 atom stereocenters. The van der Waals surface area contributed by atoms with E-state index in [4.69, 9.17) is 9.47 Å². The lowest BCUT2D eigenvalue weighted by atomic mass is 9.96. The first kappa shape index (κ1) is 17.1. The Morgan fingerprint density at radius 3 is 2.83 bits per heavy atom. The van der Waals surface area contributed by atoms with E-state index in [2.05, 4.69) is 18.3 Å². The average molecular weight is 332 g/mol. The lowest BCUT2D eigenvalue weighted by molar-refractivity contribution is -0.138. The van der Waals surface area contributed by atoms with Crippen LogP contribution >= 0.6 is 0 Å². The molecule has 0 saturated carbocycles. The van der Waals surface area contributed by atoms with Crippen LogP contribution in [-0.4, -0.2) is 49.8 Å². The minimum absolute atomic E-state index is 0.0675. The lowest BCUT2D eigenvalue weighted by Gasteiger charge is -2.35. The zero-order valence-corrected chi connectivity index (χ0v) is 14.7. The molecule has 1 aromatic rings. The molecule has 5 heteroatoms. The lowest BCUT2D eigenvalue weighted by Crippen LogP contribution is -2.46. The molecule has 2 fully saturated rings. The summed E-state index contributed by atoms with van der Waals surface area (Å²) in [6, 6.07) is 8.41. The fourth-order valence-electron chi connectivity index (χ4n) is 3.76. The molecule has 0 radical (unpaired) electrons. The van der Waals surface area contributed by atoms with Gasteiger partial charge in [-0.25, -0.2) is 0 Å². The molecule has 132 valence electrons. The number of piperidine rings is 1. The number of ether oxygens (including phenoxy) is 2. The molecule has 2 heterocycles. The van der Waals surface area contributed by atoms with Crippen molar-refractivity contribution < 1.29 is 14.3 Å². The largest absolute Gasteiger partial charge is 0.497 e. The quantitative estimate of drug-likeness (QED) is 0.901. The van der Waals surface area contributed by atoms with Gasteiger partial charge in [-0.05, 0) is 37.8 Å². The summed E-state index contributed by atoms with van der Waals surface area (Å²) < 4.78 is 10.9. The minimum Gasteiger partial charge on any atom is -0.497 e. The van der Waals surface area contributed by atoms with Crippen molar-refractivity contribution >= 4 is 11.6 Å². The predicted octanol–water partition coefficient (Wildman–Crippen LogP) is 2.91. The summed E-state index contributed by atoms with van der Waals surface area (Å²) in [4.78, 5) is 14.8. The van der Waals surface area contributed by atoms with Crippen molar-refractivity contribution in [2.24, 2.45) is 5.92 Å². The molecule has 1 amide bonds. The van der Waals surface area contributed by atoms with E-state index in [1.165, 1.54) is 0 Å². The first-order chi connectivity index (χ1) is 11.7. The summed E-state index contributed by atoms with van der Waals surface area (Å²) in [5.41, 5.74) is 1.08. The fraction of sp³-hybridized carbons (Fsp3) is 0.632. The van der Waals surface area contributed by atoms with Crippen LogP contribution < -0.4 is 10.1 Å². The second-order valence-electron chi connectivity index (χ2n) is 6.69. The number of rotatable bonds is 5. The Hall–Kier alpha value is -1.75. The Morgan fingerprint density at radius 1 is 1.33 bits per heavy atom. The summed E-state index contributed by atoms with van der Waals surface area (Å²) in [7, 11) is 1.68. The fourth-order valence-corrected chi connectivity index (χ4v) is 3.76. The van der Waals surface area contributed by atoms with Crippen LogP contribution in [-0.2, 0) is 9.53 Å². The number of amides is 1. The number of hydrogen-bond donors (Lipinski definition) is 1. The van der Waals surface area contributed by atoms with Crippen molar-refractivity contribution in [2.75, 3.05) is 32.1 Å². The zero-order valence-electron chi connectivity index (χ0n) is 14.7. The minimum atomic E-state index is 0.0675. The molecule has 0 aromatic heterocycles. The summed E-state index contributed by atoms with van der Waals surface area (Å²) in [5, 5.41) is 3.56. The molecule has 2 aliphatic heterocycles. The van der Waals surface area contributed by atoms with E-state index >= 15 is 0 Å². The van der Waals surface area contributed by atoms with Gasteiger partial charge in [0, 0.05) is 37.5 Å². The molecular weight excluding hydrogens is 304 g/mol. The van der Waals surface area contributed by atoms with Crippen LogP contribution in [0.5, 0.6) is 5.75 Å². The number of carbonyl (C=O) groups excluding carboxylic acids is 1. The van der Waals surface area contributed by atoms with Gasteiger partial charge < -0.3 is 19.7 Å². The highest BCUT2D eigenvalue weighted by Gasteiger charge is 2.36. The highest BCUT2D eigenvalue weighted by Crippen LogP contribution is 2.27. The SMILES string of the molecule is CC[C@@H]1OCC[C@H]1C(=O)N1CCC(Nc2cccc(OC)c2)CC1. The first-order valence-electron chi connectivity index (χ1n) is 9.02. The highest BCUT2D eigenvalue weighted by atomic mass is 16.5. The van der Waals surface area contributed by atoms with Gasteiger partial charge in [-0.3, -0.25) is 4.79 Å². The standard InChI is InChI=1S/C19H28N2O3/c1-3-18-17(9-12-24-18)19(22)21-10-7-14(8-11-21)20-15-5-4-6-16(13-15)23-2/h4-6,13-14,17-18,20H,3,7-12H2,1-2H3/t17-,18+/m1/s1. The Bertz CT molecular complexity index is 555. The third kappa shape index (κ3) is 3.83. The number of carbonyl (C=O) groups is 1. The normalized spacial score (nSPS) is 24.8. The molecule has 5 nitrogen and oxygen atoms in total. The van der Waals surface area contributed by atoms with Gasteiger partial charge in [0.1, 0.15) is 5.75 Å². The van der Waals surface area contributed by atoms with Crippen molar-refractivity contribution in [3.63, 3.8) is 0 Å². The predicted molar refractivity (Wildman–Crippen MR) is 94.4 cm³/mol. The van der Waals surface area contributed by atoms with Gasteiger partial charge in [0.15, 0.2) is 0 Å². The van der Waals surface area contributed by atoms with Crippen molar-refractivity contribution in [1.82, 2.24) is 4.90 Å². The zero-order chi connectivity index (χ0) is 16.9. The van der Waals surface area contributed by atoms with Gasteiger partial charge >= 0.3 is 0 Å². The van der Waals surface area contributed by atoms with E-state index in [9.17, 15) is 4.79 Å². The maximum atomic E-state index is 12.7. The van der Waals surface area contributed by atoms with Crippen molar-refractivity contribution in [3.05, 3.63) is 24.3 Å². The third-order valence-corrected chi connectivity index (χ3v) is 5.18. The number of methoxy groups -OCH3 is 1. The van der Waals surface area contributed by atoms with E-state index < -0.39 is 0 Å². The average Bonchev–Trinajstić information content (AvgIpc) is 3.10. The molecule has 0 bridgehead atoms. The summed E-state index contributed by atoms with van der Waals surface area (Å²) in [6.45, 7) is 4.48. The first-order valence-corrected chi connectivity index (χ1v) is 9.02. The van der Waals surface area contributed by atoms with Crippen molar-refractivity contribution in [1.29, 1.82) is 0 Å². The second-order valence-corrected chi connectivity index (χ2v) is 6.69. The summed E-state index contributed by atoms with van der Waals surface area (Å²) >= 11 is 0. The monoisotopic (exact) mass is 332 g/mol. The number of nitrogens with one attached hydrogen (secondary N) is 1. The maximum Gasteiger partial charge on any atom is 0.228 e. The van der Waals surface area contributed by atoms with E-state index in [0.29, 0.717) is 11.9 Å². The smallest absolute Gasteiger partial charge is 0.228 e.